The molecule has 1 heterocycles. The third-order valence-corrected chi connectivity index (χ3v) is 3.43. The molecule has 1 amide bonds. The van der Waals surface area contributed by atoms with Crippen LogP contribution in [0.15, 0.2) is 30.3 Å². The van der Waals surface area contributed by atoms with Gasteiger partial charge in [0.2, 0.25) is 12.7 Å². The average molecular weight is 356 g/mol. The van der Waals surface area contributed by atoms with E-state index in [1.54, 1.807) is 12.1 Å². The number of carbonyl (C=O) groups is 1. The molecule has 24 heavy (non-hydrogen) atoms. The second kappa shape index (κ2) is 6.45. The van der Waals surface area contributed by atoms with E-state index >= 15 is 0 Å². The van der Waals surface area contributed by atoms with Crippen LogP contribution in [0, 0.1) is 17.5 Å². The van der Waals surface area contributed by atoms with Gasteiger partial charge in [-0.3, -0.25) is 4.79 Å². The highest BCUT2D eigenvalue weighted by molar-refractivity contribution is 6.32. The molecule has 0 fully saturated rings. The molecule has 0 saturated heterocycles. The van der Waals surface area contributed by atoms with Crippen molar-refractivity contribution in [2.45, 2.75) is 0 Å². The van der Waals surface area contributed by atoms with Crippen LogP contribution < -0.4 is 14.8 Å². The zero-order valence-electron chi connectivity index (χ0n) is 11.9. The Morgan fingerprint density at radius 2 is 1.83 bits per heavy atom. The summed E-state index contributed by atoms with van der Waals surface area (Å²) in [5.41, 5.74) is 0.0810. The van der Waals surface area contributed by atoms with Gasteiger partial charge in [0.25, 0.3) is 0 Å². The molecule has 1 aliphatic heterocycles. The first-order chi connectivity index (χ1) is 11.4. The van der Waals surface area contributed by atoms with E-state index in [9.17, 15) is 18.0 Å². The van der Waals surface area contributed by atoms with Crippen molar-refractivity contribution in [1.82, 2.24) is 0 Å². The molecule has 0 saturated carbocycles. The summed E-state index contributed by atoms with van der Waals surface area (Å²) in [6.45, 7) is 0.0537. The van der Waals surface area contributed by atoms with E-state index in [-0.39, 0.29) is 6.79 Å². The van der Waals surface area contributed by atoms with Gasteiger partial charge in [0, 0.05) is 18.2 Å². The minimum Gasteiger partial charge on any atom is -0.454 e. The average Bonchev–Trinajstić information content (AvgIpc) is 3.00. The minimum absolute atomic E-state index is 0.0537. The molecule has 3 rings (SSSR count). The zero-order valence-corrected chi connectivity index (χ0v) is 12.7. The summed E-state index contributed by atoms with van der Waals surface area (Å²) in [4.78, 5) is 11.8. The Hall–Kier alpha value is -2.67. The van der Waals surface area contributed by atoms with Gasteiger partial charge in [-0.25, -0.2) is 13.2 Å². The van der Waals surface area contributed by atoms with E-state index in [1.165, 1.54) is 6.08 Å². The molecule has 124 valence electrons. The van der Waals surface area contributed by atoms with Crippen LogP contribution in [0.25, 0.3) is 6.08 Å². The lowest BCUT2D eigenvalue weighted by molar-refractivity contribution is -0.111. The molecule has 0 spiro atoms. The SMILES string of the molecule is O=C(C=Cc1cc(Cl)c2c(c1)OCO2)Nc1cc(F)c(F)cc1F. The van der Waals surface area contributed by atoms with Crippen LogP contribution >= 0.6 is 11.6 Å². The molecule has 0 radical (unpaired) electrons. The summed E-state index contributed by atoms with van der Waals surface area (Å²) in [7, 11) is 0. The lowest BCUT2D eigenvalue weighted by atomic mass is 10.2. The maximum absolute atomic E-state index is 13.5. The van der Waals surface area contributed by atoms with Gasteiger partial charge in [0.15, 0.2) is 23.1 Å². The number of benzene rings is 2. The summed E-state index contributed by atoms with van der Waals surface area (Å²) in [5, 5.41) is 2.44. The monoisotopic (exact) mass is 355 g/mol. The number of rotatable bonds is 3. The van der Waals surface area contributed by atoms with E-state index in [0.29, 0.717) is 34.2 Å². The number of hydrogen-bond donors (Lipinski definition) is 1. The lowest BCUT2D eigenvalue weighted by Crippen LogP contribution is -2.10. The highest BCUT2D eigenvalue weighted by Gasteiger charge is 2.17. The Labute approximate surface area is 139 Å². The van der Waals surface area contributed by atoms with Crippen molar-refractivity contribution >= 4 is 29.3 Å². The molecule has 2 aromatic carbocycles. The third-order valence-electron chi connectivity index (χ3n) is 3.14. The Bertz CT molecular complexity index is 855. The zero-order chi connectivity index (χ0) is 17.3. The summed E-state index contributed by atoms with van der Waals surface area (Å²) < 4.78 is 49.7. The molecule has 4 nitrogen and oxygen atoms in total. The number of hydrogen-bond acceptors (Lipinski definition) is 3. The molecular weight excluding hydrogens is 347 g/mol. The van der Waals surface area contributed by atoms with Crippen LogP contribution in [0.4, 0.5) is 18.9 Å². The molecule has 1 N–H and O–H groups in total. The van der Waals surface area contributed by atoms with Gasteiger partial charge in [-0.2, -0.15) is 0 Å². The Kier molecular flexibility index (Phi) is 4.35. The smallest absolute Gasteiger partial charge is 0.248 e. The molecule has 0 aromatic heterocycles. The van der Waals surface area contributed by atoms with Crippen LogP contribution in [0.3, 0.4) is 0 Å². The second-order valence-electron chi connectivity index (χ2n) is 4.81. The van der Waals surface area contributed by atoms with E-state index in [0.717, 1.165) is 6.08 Å². The third kappa shape index (κ3) is 3.30. The van der Waals surface area contributed by atoms with Gasteiger partial charge in [-0.1, -0.05) is 11.6 Å². The molecule has 8 heteroatoms. The van der Waals surface area contributed by atoms with E-state index < -0.39 is 29.0 Å². The van der Waals surface area contributed by atoms with Crippen molar-refractivity contribution in [2.24, 2.45) is 0 Å². The van der Waals surface area contributed by atoms with Crippen molar-refractivity contribution < 1.29 is 27.4 Å². The van der Waals surface area contributed by atoms with Crippen molar-refractivity contribution in [1.29, 1.82) is 0 Å². The van der Waals surface area contributed by atoms with Crippen molar-refractivity contribution in [3.8, 4) is 11.5 Å². The fraction of sp³-hybridized carbons (Fsp3) is 0.0625. The first kappa shape index (κ1) is 16.2. The molecule has 0 bridgehead atoms. The number of anilines is 1. The molecule has 1 aliphatic rings. The Morgan fingerprint density at radius 3 is 2.62 bits per heavy atom. The maximum atomic E-state index is 13.5. The largest absolute Gasteiger partial charge is 0.454 e. The standard InChI is InChI=1S/C16H9ClF3NO3/c17-9-3-8(4-14-16(9)24-7-23-14)1-2-15(22)21-13-6-11(19)10(18)5-12(13)20/h1-6H,7H2,(H,21,22). The van der Waals surface area contributed by atoms with Crippen LogP contribution in [0.5, 0.6) is 11.5 Å². The summed E-state index contributed by atoms with van der Waals surface area (Å²) in [5.74, 6) is -3.55. The van der Waals surface area contributed by atoms with E-state index in [2.05, 4.69) is 5.32 Å². The molecule has 0 unspecified atom stereocenters. The number of carbonyl (C=O) groups excluding carboxylic acids is 1. The van der Waals surface area contributed by atoms with E-state index in [4.69, 9.17) is 21.1 Å². The van der Waals surface area contributed by atoms with Crippen LogP contribution in [0.1, 0.15) is 5.56 Å². The van der Waals surface area contributed by atoms with Gasteiger partial charge in [0.05, 0.1) is 10.7 Å². The first-order valence-electron chi connectivity index (χ1n) is 6.67. The number of nitrogens with one attached hydrogen (secondary N) is 1. The predicted molar refractivity (Wildman–Crippen MR) is 81.6 cm³/mol. The number of ether oxygens (including phenoxy) is 2. The number of halogens is 4. The van der Waals surface area contributed by atoms with E-state index in [1.807, 2.05) is 0 Å². The maximum Gasteiger partial charge on any atom is 0.248 e. The Balaban J connectivity index is 1.75. The van der Waals surface area contributed by atoms with Crippen molar-refractivity contribution in [2.75, 3.05) is 12.1 Å². The normalized spacial score (nSPS) is 12.7. The Morgan fingerprint density at radius 1 is 1.08 bits per heavy atom. The summed E-state index contributed by atoms with van der Waals surface area (Å²) in [6.07, 6.45) is 2.50. The highest BCUT2D eigenvalue weighted by Crippen LogP contribution is 2.40. The van der Waals surface area contributed by atoms with Gasteiger partial charge >= 0.3 is 0 Å². The predicted octanol–water partition coefficient (Wildman–Crippen LogP) is 4.14. The molecular formula is C16H9ClF3NO3. The van der Waals surface area contributed by atoms with Gasteiger partial charge in [0.1, 0.15) is 5.82 Å². The molecule has 2 aromatic rings. The van der Waals surface area contributed by atoms with Gasteiger partial charge < -0.3 is 14.8 Å². The highest BCUT2D eigenvalue weighted by atomic mass is 35.5. The first-order valence-corrected chi connectivity index (χ1v) is 7.04. The molecule has 0 aliphatic carbocycles. The van der Waals surface area contributed by atoms with Crippen LogP contribution in [-0.2, 0) is 4.79 Å². The molecule has 0 atom stereocenters. The number of fused-ring (bicyclic) bond motifs is 1. The minimum atomic E-state index is -1.34. The fourth-order valence-electron chi connectivity index (χ4n) is 2.05. The van der Waals surface area contributed by atoms with Crippen LogP contribution in [-0.4, -0.2) is 12.7 Å². The van der Waals surface area contributed by atoms with Gasteiger partial charge in [-0.15, -0.1) is 0 Å². The second-order valence-corrected chi connectivity index (χ2v) is 5.21. The van der Waals surface area contributed by atoms with Crippen LogP contribution in [0.2, 0.25) is 5.02 Å². The van der Waals surface area contributed by atoms with Crippen molar-refractivity contribution in [3.63, 3.8) is 0 Å². The lowest BCUT2D eigenvalue weighted by Gasteiger charge is -2.05. The van der Waals surface area contributed by atoms with Gasteiger partial charge in [-0.05, 0) is 23.8 Å². The number of amides is 1. The quantitative estimate of drug-likeness (QED) is 0.665. The topological polar surface area (TPSA) is 47.6 Å². The summed E-state index contributed by atoms with van der Waals surface area (Å²) in [6, 6.07) is 4.08. The summed E-state index contributed by atoms with van der Waals surface area (Å²) >= 11 is 6.01. The fourth-order valence-corrected chi connectivity index (χ4v) is 2.32. The van der Waals surface area contributed by atoms with Crippen molar-refractivity contribution in [3.05, 3.63) is 58.4 Å².